The average molecular weight is 317 g/mol. The Morgan fingerprint density at radius 1 is 1.39 bits per heavy atom. The fraction of sp³-hybridized carbons (Fsp3) is 0.412. The van der Waals surface area contributed by atoms with E-state index in [1.807, 2.05) is 6.92 Å². The summed E-state index contributed by atoms with van der Waals surface area (Å²) in [6.07, 6.45) is 4.06. The fourth-order valence-corrected chi connectivity index (χ4v) is 2.64. The molecule has 1 aromatic carbocycles. The molecule has 1 aromatic heterocycles. The van der Waals surface area contributed by atoms with Crippen LogP contribution in [0.4, 0.5) is 4.39 Å². The van der Waals surface area contributed by atoms with E-state index in [-0.39, 0.29) is 23.7 Å². The van der Waals surface area contributed by atoms with Crippen LogP contribution in [-0.4, -0.2) is 33.9 Å². The van der Waals surface area contributed by atoms with Crippen LogP contribution in [0.25, 0.3) is 5.69 Å². The summed E-state index contributed by atoms with van der Waals surface area (Å²) in [4.78, 5) is 12.4. The van der Waals surface area contributed by atoms with Gasteiger partial charge in [-0.15, -0.1) is 0 Å². The van der Waals surface area contributed by atoms with Gasteiger partial charge in [-0.1, -0.05) is 6.92 Å². The Kier molecular flexibility index (Phi) is 4.17. The van der Waals surface area contributed by atoms with Crippen LogP contribution in [0.5, 0.6) is 0 Å². The standard InChI is InChI=1S/C17H20FN3O2/c1-2-15-14(16(23)19-10-17(11-22)7-8-17)9-20-21(15)13-5-3-12(18)4-6-13/h3-6,9,22H,2,7-8,10-11H2,1H3,(H,19,23). The minimum absolute atomic E-state index is 0.1000. The molecule has 3 rings (SSSR count). The van der Waals surface area contributed by atoms with Crippen LogP contribution in [0, 0.1) is 11.2 Å². The molecule has 23 heavy (non-hydrogen) atoms. The van der Waals surface area contributed by atoms with Crippen molar-refractivity contribution < 1.29 is 14.3 Å². The van der Waals surface area contributed by atoms with Gasteiger partial charge in [0.15, 0.2) is 0 Å². The fourth-order valence-electron chi connectivity index (χ4n) is 2.64. The van der Waals surface area contributed by atoms with E-state index in [9.17, 15) is 14.3 Å². The van der Waals surface area contributed by atoms with Crippen molar-refractivity contribution in [2.75, 3.05) is 13.2 Å². The lowest BCUT2D eigenvalue weighted by Crippen LogP contribution is -2.32. The molecule has 2 aromatic rings. The third-order valence-corrected chi connectivity index (χ3v) is 4.44. The largest absolute Gasteiger partial charge is 0.396 e. The van der Waals surface area contributed by atoms with Crippen LogP contribution in [0.15, 0.2) is 30.5 Å². The molecule has 0 saturated heterocycles. The molecule has 2 N–H and O–H groups in total. The van der Waals surface area contributed by atoms with Crippen molar-refractivity contribution >= 4 is 5.91 Å². The van der Waals surface area contributed by atoms with Gasteiger partial charge in [0, 0.05) is 12.0 Å². The van der Waals surface area contributed by atoms with Gasteiger partial charge >= 0.3 is 0 Å². The number of nitrogens with zero attached hydrogens (tertiary/aromatic N) is 2. The molecule has 0 aliphatic heterocycles. The Bertz CT molecular complexity index is 705. The molecule has 0 unspecified atom stereocenters. The zero-order valence-electron chi connectivity index (χ0n) is 13.1. The van der Waals surface area contributed by atoms with Crippen LogP contribution in [0.1, 0.15) is 35.8 Å². The van der Waals surface area contributed by atoms with Crippen molar-refractivity contribution in [2.45, 2.75) is 26.2 Å². The topological polar surface area (TPSA) is 67.2 Å². The van der Waals surface area contributed by atoms with E-state index in [1.54, 1.807) is 16.8 Å². The molecule has 1 aliphatic rings. The molecule has 0 bridgehead atoms. The number of aliphatic hydroxyl groups is 1. The van der Waals surface area contributed by atoms with Gasteiger partial charge in [0.25, 0.3) is 5.91 Å². The van der Waals surface area contributed by atoms with E-state index in [0.717, 1.165) is 24.2 Å². The zero-order chi connectivity index (χ0) is 16.4. The van der Waals surface area contributed by atoms with E-state index >= 15 is 0 Å². The van der Waals surface area contributed by atoms with E-state index in [0.29, 0.717) is 18.5 Å². The molecule has 1 aliphatic carbocycles. The maximum absolute atomic E-state index is 13.1. The summed E-state index contributed by atoms with van der Waals surface area (Å²) in [6, 6.07) is 6.00. The normalized spacial score (nSPS) is 15.4. The first-order valence-corrected chi connectivity index (χ1v) is 7.80. The first kappa shape index (κ1) is 15.7. The van der Waals surface area contributed by atoms with Gasteiger partial charge < -0.3 is 10.4 Å². The number of benzene rings is 1. The second kappa shape index (κ2) is 6.12. The minimum Gasteiger partial charge on any atom is -0.396 e. The van der Waals surface area contributed by atoms with Crippen LogP contribution in [0.3, 0.4) is 0 Å². The molecule has 0 radical (unpaired) electrons. The Morgan fingerprint density at radius 3 is 2.65 bits per heavy atom. The monoisotopic (exact) mass is 317 g/mol. The van der Waals surface area contributed by atoms with Crippen molar-refractivity contribution in [3.63, 3.8) is 0 Å². The van der Waals surface area contributed by atoms with E-state index < -0.39 is 0 Å². The lowest BCUT2D eigenvalue weighted by atomic mass is 10.1. The van der Waals surface area contributed by atoms with Gasteiger partial charge in [0.2, 0.25) is 0 Å². The predicted molar refractivity (Wildman–Crippen MR) is 84.0 cm³/mol. The highest BCUT2D eigenvalue weighted by Gasteiger charge is 2.42. The van der Waals surface area contributed by atoms with Crippen molar-refractivity contribution in [3.8, 4) is 5.69 Å². The van der Waals surface area contributed by atoms with E-state index in [4.69, 9.17) is 0 Å². The molecule has 1 amide bonds. The number of rotatable bonds is 6. The number of nitrogens with one attached hydrogen (secondary N) is 1. The quantitative estimate of drug-likeness (QED) is 0.857. The highest BCUT2D eigenvalue weighted by molar-refractivity contribution is 5.95. The third kappa shape index (κ3) is 3.12. The Balaban J connectivity index is 1.80. The summed E-state index contributed by atoms with van der Waals surface area (Å²) >= 11 is 0. The number of hydrogen-bond acceptors (Lipinski definition) is 3. The van der Waals surface area contributed by atoms with Crippen LogP contribution in [-0.2, 0) is 6.42 Å². The average Bonchev–Trinajstić information content (AvgIpc) is 3.23. The molecule has 0 spiro atoms. The number of halogens is 1. The number of carbonyl (C=O) groups is 1. The molecule has 1 heterocycles. The minimum atomic E-state index is -0.310. The Morgan fingerprint density at radius 2 is 2.09 bits per heavy atom. The zero-order valence-corrected chi connectivity index (χ0v) is 13.1. The third-order valence-electron chi connectivity index (χ3n) is 4.44. The molecule has 5 nitrogen and oxygen atoms in total. The van der Waals surface area contributed by atoms with E-state index in [1.165, 1.54) is 18.3 Å². The van der Waals surface area contributed by atoms with Gasteiger partial charge in [-0.05, 0) is 43.5 Å². The number of hydrogen-bond donors (Lipinski definition) is 2. The summed E-state index contributed by atoms with van der Waals surface area (Å²) in [6.45, 7) is 2.53. The summed E-state index contributed by atoms with van der Waals surface area (Å²) in [5.41, 5.74) is 1.89. The van der Waals surface area contributed by atoms with Gasteiger partial charge in [-0.3, -0.25) is 4.79 Å². The molecule has 0 atom stereocenters. The molecule has 6 heteroatoms. The van der Waals surface area contributed by atoms with Gasteiger partial charge in [-0.2, -0.15) is 5.10 Å². The summed E-state index contributed by atoms with van der Waals surface area (Å²) in [5, 5.41) is 16.5. The molecule has 122 valence electrons. The maximum atomic E-state index is 13.1. The smallest absolute Gasteiger partial charge is 0.254 e. The lowest BCUT2D eigenvalue weighted by Gasteiger charge is -2.13. The maximum Gasteiger partial charge on any atom is 0.254 e. The van der Waals surface area contributed by atoms with Crippen LogP contribution < -0.4 is 5.32 Å². The van der Waals surface area contributed by atoms with Crippen molar-refractivity contribution in [2.24, 2.45) is 5.41 Å². The van der Waals surface area contributed by atoms with E-state index in [2.05, 4.69) is 10.4 Å². The highest BCUT2D eigenvalue weighted by atomic mass is 19.1. The SMILES string of the molecule is CCc1c(C(=O)NCC2(CO)CC2)cnn1-c1ccc(F)cc1. The number of carbonyl (C=O) groups excluding carboxylic acids is 1. The molecule has 1 saturated carbocycles. The van der Waals surface area contributed by atoms with Crippen LogP contribution in [0.2, 0.25) is 0 Å². The number of amides is 1. The van der Waals surface area contributed by atoms with Crippen LogP contribution >= 0.6 is 0 Å². The molecular formula is C17H20FN3O2. The van der Waals surface area contributed by atoms with Gasteiger partial charge in [-0.25, -0.2) is 9.07 Å². The Hall–Kier alpha value is -2.21. The van der Waals surface area contributed by atoms with Crippen molar-refractivity contribution in [3.05, 3.63) is 47.5 Å². The lowest BCUT2D eigenvalue weighted by molar-refractivity contribution is 0.0934. The first-order chi connectivity index (χ1) is 11.1. The second-order valence-corrected chi connectivity index (χ2v) is 6.09. The summed E-state index contributed by atoms with van der Waals surface area (Å²) in [5.74, 6) is -0.495. The summed E-state index contributed by atoms with van der Waals surface area (Å²) < 4.78 is 14.7. The van der Waals surface area contributed by atoms with Crippen molar-refractivity contribution in [1.29, 1.82) is 0 Å². The second-order valence-electron chi connectivity index (χ2n) is 6.09. The number of aliphatic hydroxyl groups excluding tert-OH is 1. The summed E-state index contributed by atoms with van der Waals surface area (Å²) in [7, 11) is 0. The van der Waals surface area contributed by atoms with Crippen molar-refractivity contribution in [1.82, 2.24) is 15.1 Å². The number of aromatic nitrogens is 2. The highest BCUT2D eigenvalue weighted by Crippen LogP contribution is 2.44. The van der Waals surface area contributed by atoms with Gasteiger partial charge in [0.1, 0.15) is 5.82 Å². The Labute approximate surface area is 134 Å². The first-order valence-electron chi connectivity index (χ1n) is 7.80. The molecular weight excluding hydrogens is 297 g/mol. The predicted octanol–water partition coefficient (Wildman–Crippen LogP) is 2.08. The van der Waals surface area contributed by atoms with Gasteiger partial charge in [0.05, 0.1) is 29.7 Å². The molecule has 1 fully saturated rings.